The predicted molar refractivity (Wildman–Crippen MR) is 153 cm³/mol. The number of hydrogen-bond acceptors (Lipinski definition) is 2. The monoisotopic (exact) mass is 473 g/mol. The average molecular weight is 474 g/mol. The number of pyridine rings is 1. The standard InChI is InChI=1S/C35H23NO/c1-4-12-24(13-5-1)28-18-10-20-30-31-21-11-19-29(35(31)37-34(28)30)27-22-32(25-14-6-2-7-15-25)36-33(23-27)26-16-8-3-9-17-26/h1-23H. The zero-order valence-corrected chi connectivity index (χ0v) is 20.1. The van der Waals surface area contributed by atoms with Gasteiger partial charge in [0.1, 0.15) is 11.2 Å². The fourth-order valence-electron chi connectivity index (χ4n) is 5.09. The van der Waals surface area contributed by atoms with Gasteiger partial charge in [0.25, 0.3) is 0 Å². The van der Waals surface area contributed by atoms with Gasteiger partial charge in [0.05, 0.1) is 11.4 Å². The zero-order chi connectivity index (χ0) is 24.6. The molecular formula is C35H23NO. The van der Waals surface area contributed by atoms with Crippen LogP contribution in [0.2, 0.25) is 0 Å². The van der Waals surface area contributed by atoms with E-state index < -0.39 is 0 Å². The highest BCUT2D eigenvalue weighted by molar-refractivity contribution is 6.13. The van der Waals surface area contributed by atoms with E-state index in [1.807, 2.05) is 18.2 Å². The van der Waals surface area contributed by atoms with Gasteiger partial charge in [-0.25, -0.2) is 4.98 Å². The van der Waals surface area contributed by atoms with Crippen molar-refractivity contribution in [3.05, 3.63) is 140 Å². The van der Waals surface area contributed by atoms with Crippen LogP contribution in [0, 0.1) is 0 Å². The van der Waals surface area contributed by atoms with Crippen molar-refractivity contribution in [3.8, 4) is 44.8 Å². The quantitative estimate of drug-likeness (QED) is 0.254. The van der Waals surface area contributed by atoms with Gasteiger partial charge in [-0.3, -0.25) is 0 Å². The molecule has 0 spiro atoms. The molecule has 0 fully saturated rings. The number of para-hydroxylation sites is 2. The summed E-state index contributed by atoms with van der Waals surface area (Å²) in [7, 11) is 0. The van der Waals surface area contributed by atoms with Gasteiger partial charge in [-0.1, -0.05) is 127 Å². The van der Waals surface area contributed by atoms with Gasteiger partial charge in [-0.2, -0.15) is 0 Å². The Balaban J connectivity index is 1.49. The Hall–Kier alpha value is -4.95. The SMILES string of the molecule is c1ccc(-c2cc(-c3cccc4c3oc3c(-c5ccccc5)cccc34)cc(-c3ccccc3)n2)cc1. The van der Waals surface area contributed by atoms with Gasteiger partial charge in [-0.15, -0.1) is 0 Å². The number of benzene rings is 5. The van der Waals surface area contributed by atoms with Gasteiger partial charge in [-0.05, 0) is 23.3 Å². The smallest absolute Gasteiger partial charge is 0.143 e. The van der Waals surface area contributed by atoms with Crippen molar-refractivity contribution in [1.29, 1.82) is 0 Å². The van der Waals surface area contributed by atoms with Crippen LogP contribution in [0.25, 0.3) is 66.7 Å². The highest BCUT2D eigenvalue weighted by Crippen LogP contribution is 2.41. The third kappa shape index (κ3) is 3.80. The first-order valence-electron chi connectivity index (χ1n) is 12.5. The first-order chi connectivity index (χ1) is 18.3. The molecule has 0 aliphatic rings. The molecule has 0 unspecified atom stereocenters. The van der Waals surface area contributed by atoms with Gasteiger partial charge in [0, 0.05) is 33.0 Å². The average Bonchev–Trinajstić information content (AvgIpc) is 3.37. The third-order valence-corrected chi connectivity index (χ3v) is 6.88. The summed E-state index contributed by atoms with van der Waals surface area (Å²) in [6.07, 6.45) is 0. The lowest BCUT2D eigenvalue weighted by Gasteiger charge is -2.10. The number of rotatable bonds is 4. The van der Waals surface area contributed by atoms with E-state index in [-0.39, 0.29) is 0 Å². The van der Waals surface area contributed by atoms with E-state index in [9.17, 15) is 0 Å². The zero-order valence-electron chi connectivity index (χ0n) is 20.1. The van der Waals surface area contributed by atoms with Crippen LogP contribution >= 0.6 is 0 Å². The first-order valence-corrected chi connectivity index (χ1v) is 12.5. The molecule has 2 heterocycles. The Labute approximate surface area is 215 Å². The number of hydrogen-bond donors (Lipinski definition) is 0. The normalized spacial score (nSPS) is 11.2. The second kappa shape index (κ2) is 8.92. The molecule has 5 aromatic carbocycles. The van der Waals surface area contributed by atoms with Crippen LogP contribution in [0.1, 0.15) is 0 Å². The molecule has 0 aliphatic heterocycles. The minimum absolute atomic E-state index is 0.894. The molecule has 2 nitrogen and oxygen atoms in total. The summed E-state index contributed by atoms with van der Waals surface area (Å²) >= 11 is 0. The van der Waals surface area contributed by atoms with Gasteiger partial charge in [0.2, 0.25) is 0 Å². The summed E-state index contributed by atoms with van der Waals surface area (Å²) < 4.78 is 6.69. The van der Waals surface area contributed by atoms with Crippen LogP contribution in [-0.2, 0) is 0 Å². The van der Waals surface area contributed by atoms with Gasteiger partial charge >= 0.3 is 0 Å². The summed E-state index contributed by atoms with van der Waals surface area (Å²) in [5, 5.41) is 2.24. The van der Waals surface area contributed by atoms with Crippen molar-refractivity contribution >= 4 is 21.9 Å². The van der Waals surface area contributed by atoms with Crippen molar-refractivity contribution in [2.24, 2.45) is 0 Å². The molecule has 0 saturated carbocycles. The Morgan fingerprint density at radius 1 is 0.378 bits per heavy atom. The maximum absolute atomic E-state index is 6.69. The summed E-state index contributed by atoms with van der Waals surface area (Å²) in [5.41, 5.74) is 10.3. The molecular weight excluding hydrogens is 450 g/mol. The molecule has 7 aromatic rings. The van der Waals surface area contributed by atoms with E-state index in [2.05, 4.69) is 121 Å². The van der Waals surface area contributed by atoms with E-state index in [0.29, 0.717) is 0 Å². The van der Waals surface area contributed by atoms with Crippen molar-refractivity contribution in [1.82, 2.24) is 4.98 Å². The molecule has 0 aliphatic carbocycles. The summed E-state index contributed by atoms with van der Waals surface area (Å²) in [4.78, 5) is 5.05. The van der Waals surface area contributed by atoms with E-state index >= 15 is 0 Å². The first kappa shape index (κ1) is 21.3. The molecule has 0 saturated heterocycles. The maximum atomic E-state index is 6.69. The maximum Gasteiger partial charge on any atom is 0.143 e. The minimum atomic E-state index is 0.894. The van der Waals surface area contributed by atoms with E-state index in [1.54, 1.807) is 0 Å². The molecule has 2 aromatic heterocycles. The van der Waals surface area contributed by atoms with Crippen molar-refractivity contribution in [3.63, 3.8) is 0 Å². The fourth-order valence-corrected chi connectivity index (χ4v) is 5.09. The second-order valence-electron chi connectivity index (χ2n) is 9.19. The summed E-state index contributed by atoms with van der Waals surface area (Å²) in [5.74, 6) is 0. The van der Waals surface area contributed by atoms with Crippen LogP contribution in [-0.4, -0.2) is 4.98 Å². The number of furan rings is 1. The molecule has 37 heavy (non-hydrogen) atoms. The molecule has 7 rings (SSSR count). The third-order valence-electron chi connectivity index (χ3n) is 6.88. The molecule has 0 bridgehead atoms. The number of fused-ring (bicyclic) bond motifs is 3. The Morgan fingerprint density at radius 2 is 0.811 bits per heavy atom. The van der Waals surface area contributed by atoms with Gasteiger partial charge in [0.15, 0.2) is 0 Å². The van der Waals surface area contributed by atoms with Crippen molar-refractivity contribution in [2.45, 2.75) is 0 Å². The van der Waals surface area contributed by atoms with Crippen molar-refractivity contribution < 1.29 is 4.42 Å². The largest absolute Gasteiger partial charge is 0.455 e. The van der Waals surface area contributed by atoms with E-state index in [4.69, 9.17) is 9.40 Å². The van der Waals surface area contributed by atoms with Crippen LogP contribution in [0.3, 0.4) is 0 Å². The summed E-state index contributed by atoms with van der Waals surface area (Å²) in [6.45, 7) is 0. The fraction of sp³-hybridized carbons (Fsp3) is 0. The molecule has 0 atom stereocenters. The van der Waals surface area contributed by atoms with E-state index in [1.165, 1.54) is 0 Å². The Morgan fingerprint density at radius 3 is 1.30 bits per heavy atom. The van der Waals surface area contributed by atoms with Crippen LogP contribution < -0.4 is 0 Å². The summed E-state index contributed by atoms with van der Waals surface area (Å²) in [6, 6.07) is 48.3. The Bertz CT molecular complexity index is 1790. The number of aromatic nitrogens is 1. The molecule has 0 radical (unpaired) electrons. The molecule has 174 valence electrons. The van der Waals surface area contributed by atoms with Crippen LogP contribution in [0.5, 0.6) is 0 Å². The van der Waals surface area contributed by atoms with Crippen LogP contribution in [0.15, 0.2) is 144 Å². The van der Waals surface area contributed by atoms with Crippen LogP contribution in [0.4, 0.5) is 0 Å². The Kier molecular flexibility index (Phi) is 5.15. The minimum Gasteiger partial charge on any atom is -0.455 e. The highest BCUT2D eigenvalue weighted by atomic mass is 16.3. The molecule has 2 heteroatoms. The second-order valence-corrected chi connectivity index (χ2v) is 9.19. The topological polar surface area (TPSA) is 26.0 Å². The highest BCUT2D eigenvalue weighted by Gasteiger charge is 2.17. The number of nitrogens with zero attached hydrogens (tertiary/aromatic N) is 1. The van der Waals surface area contributed by atoms with E-state index in [0.717, 1.165) is 66.7 Å². The predicted octanol–water partition coefficient (Wildman–Crippen LogP) is 9.65. The lowest BCUT2D eigenvalue weighted by atomic mass is 9.98. The van der Waals surface area contributed by atoms with Crippen molar-refractivity contribution in [2.75, 3.05) is 0 Å². The lowest BCUT2D eigenvalue weighted by Crippen LogP contribution is -1.91. The lowest BCUT2D eigenvalue weighted by molar-refractivity contribution is 0.671. The molecule has 0 amide bonds. The molecule has 0 N–H and O–H groups in total. The van der Waals surface area contributed by atoms with Gasteiger partial charge < -0.3 is 4.42 Å².